The van der Waals surface area contributed by atoms with Gasteiger partial charge in [-0.1, -0.05) is 12.6 Å². The Bertz CT molecular complexity index is 1060. The number of methoxy groups -OCH3 is 4. The smallest absolute Gasteiger partial charge is 0.404 e. The number of ether oxygens (including phenoxy) is 5. The molecule has 0 saturated carbocycles. The van der Waals surface area contributed by atoms with Crippen molar-refractivity contribution in [3.63, 3.8) is 0 Å². The van der Waals surface area contributed by atoms with Gasteiger partial charge < -0.3 is 34.1 Å². The third-order valence-electron chi connectivity index (χ3n) is 5.37. The number of nitrogens with one attached hydrogen (secondary N) is 1. The molecule has 2 amide bonds. The minimum Gasteiger partial charge on any atom is -0.493 e. The molecule has 0 spiro atoms. The standard InChI is InChI=1S/C24H28N2O8/c1-14-21(15-7-8-17(30-2)18(11-15)34-10-6-9-25-24(28)29)26(23(14)27)16-12-19(31-3)22(33-5)20(13-16)32-4/h7-8,11-13,21,25H,1,6,9-10H2,2-5H3,(H,28,29). The number of β-lactam (4-membered cyclic amide) rings is 1. The van der Waals surface area contributed by atoms with Crippen LogP contribution >= 0.6 is 0 Å². The van der Waals surface area contributed by atoms with Gasteiger partial charge in [-0.25, -0.2) is 4.79 Å². The molecule has 10 heteroatoms. The zero-order valence-corrected chi connectivity index (χ0v) is 19.5. The highest BCUT2D eigenvalue weighted by Gasteiger charge is 2.43. The fraction of sp³-hybridized carbons (Fsp3) is 0.333. The number of benzene rings is 2. The molecule has 34 heavy (non-hydrogen) atoms. The summed E-state index contributed by atoms with van der Waals surface area (Å²) in [5.74, 6) is 2.05. The number of nitrogens with zero attached hydrogens (tertiary/aromatic N) is 1. The van der Waals surface area contributed by atoms with Crippen LogP contribution in [0.4, 0.5) is 10.5 Å². The van der Waals surface area contributed by atoms with Crippen LogP contribution in [0.1, 0.15) is 18.0 Å². The zero-order chi connectivity index (χ0) is 24.8. The van der Waals surface area contributed by atoms with Crippen LogP contribution in [0.5, 0.6) is 28.7 Å². The summed E-state index contributed by atoms with van der Waals surface area (Å²) in [5, 5.41) is 11.0. The average Bonchev–Trinajstić information content (AvgIpc) is 2.85. The Morgan fingerprint density at radius 3 is 2.21 bits per heavy atom. The number of anilines is 1. The molecule has 1 heterocycles. The van der Waals surface area contributed by atoms with Crippen LogP contribution in [0.3, 0.4) is 0 Å². The molecule has 1 aliphatic rings. The highest BCUT2D eigenvalue weighted by Crippen LogP contribution is 2.48. The predicted molar refractivity (Wildman–Crippen MR) is 125 cm³/mol. The number of hydrogen-bond acceptors (Lipinski definition) is 7. The number of rotatable bonds is 11. The van der Waals surface area contributed by atoms with Gasteiger partial charge in [-0.3, -0.25) is 9.69 Å². The van der Waals surface area contributed by atoms with Crippen molar-refractivity contribution in [1.82, 2.24) is 5.32 Å². The summed E-state index contributed by atoms with van der Waals surface area (Å²) in [4.78, 5) is 25.0. The molecule has 0 bridgehead atoms. The van der Waals surface area contributed by atoms with E-state index in [9.17, 15) is 9.59 Å². The molecule has 1 saturated heterocycles. The summed E-state index contributed by atoms with van der Waals surface area (Å²) in [5.41, 5.74) is 1.77. The molecule has 1 atom stereocenters. The molecule has 182 valence electrons. The van der Waals surface area contributed by atoms with Gasteiger partial charge in [0.05, 0.1) is 46.8 Å². The summed E-state index contributed by atoms with van der Waals surface area (Å²) < 4.78 is 27.4. The van der Waals surface area contributed by atoms with E-state index in [0.717, 1.165) is 5.56 Å². The fourth-order valence-electron chi connectivity index (χ4n) is 3.73. The van der Waals surface area contributed by atoms with Crippen molar-refractivity contribution in [1.29, 1.82) is 0 Å². The zero-order valence-electron chi connectivity index (χ0n) is 19.5. The van der Waals surface area contributed by atoms with Gasteiger partial charge in [-0.05, 0) is 24.1 Å². The monoisotopic (exact) mass is 472 g/mol. The van der Waals surface area contributed by atoms with Gasteiger partial charge >= 0.3 is 6.09 Å². The summed E-state index contributed by atoms with van der Waals surface area (Å²) in [6, 6.07) is 8.35. The summed E-state index contributed by atoms with van der Waals surface area (Å²) >= 11 is 0. The third kappa shape index (κ3) is 4.80. The van der Waals surface area contributed by atoms with Crippen LogP contribution in [0.25, 0.3) is 0 Å². The first-order valence-corrected chi connectivity index (χ1v) is 10.5. The average molecular weight is 472 g/mol. The second-order valence-corrected chi connectivity index (χ2v) is 7.33. The van der Waals surface area contributed by atoms with E-state index in [1.54, 1.807) is 29.2 Å². The van der Waals surface area contributed by atoms with Crippen LogP contribution in [-0.2, 0) is 4.79 Å². The van der Waals surface area contributed by atoms with Crippen molar-refractivity contribution in [3.05, 3.63) is 48.0 Å². The SMILES string of the molecule is C=C1C(=O)N(c2cc(OC)c(OC)c(OC)c2)C1c1ccc(OC)c(OCCCNC(=O)O)c1. The Kier molecular flexibility index (Phi) is 7.72. The van der Waals surface area contributed by atoms with E-state index in [0.29, 0.717) is 46.4 Å². The molecule has 2 aromatic rings. The molecule has 0 aliphatic carbocycles. The molecule has 2 N–H and O–H groups in total. The number of carbonyl (C=O) groups is 2. The predicted octanol–water partition coefficient (Wildman–Crippen LogP) is 3.40. The summed E-state index contributed by atoms with van der Waals surface area (Å²) in [7, 11) is 6.06. The van der Waals surface area contributed by atoms with Crippen molar-refractivity contribution in [2.45, 2.75) is 12.5 Å². The van der Waals surface area contributed by atoms with E-state index in [2.05, 4.69) is 11.9 Å². The highest BCUT2D eigenvalue weighted by molar-refractivity contribution is 6.15. The molecule has 10 nitrogen and oxygen atoms in total. The topological polar surface area (TPSA) is 116 Å². The van der Waals surface area contributed by atoms with E-state index in [1.165, 1.54) is 28.4 Å². The lowest BCUT2D eigenvalue weighted by atomic mass is 9.88. The number of amides is 2. The normalized spacial score (nSPS) is 14.8. The van der Waals surface area contributed by atoms with Gasteiger partial charge in [-0.2, -0.15) is 0 Å². The molecule has 1 fully saturated rings. The van der Waals surface area contributed by atoms with Crippen LogP contribution in [-0.4, -0.2) is 58.7 Å². The summed E-state index contributed by atoms with van der Waals surface area (Å²) in [6.07, 6.45) is -0.606. The maximum absolute atomic E-state index is 12.8. The van der Waals surface area contributed by atoms with Crippen molar-refractivity contribution >= 4 is 17.7 Å². The fourth-order valence-corrected chi connectivity index (χ4v) is 3.73. The maximum Gasteiger partial charge on any atom is 0.404 e. The molecular weight excluding hydrogens is 444 g/mol. The van der Waals surface area contributed by atoms with Crippen molar-refractivity contribution in [3.8, 4) is 28.7 Å². The van der Waals surface area contributed by atoms with E-state index in [1.807, 2.05) is 6.07 Å². The first kappa shape index (κ1) is 24.6. The van der Waals surface area contributed by atoms with E-state index in [4.69, 9.17) is 28.8 Å². The molecule has 1 unspecified atom stereocenters. The first-order chi connectivity index (χ1) is 16.4. The lowest BCUT2D eigenvalue weighted by Gasteiger charge is -2.42. The molecular formula is C24H28N2O8. The molecule has 2 aromatic carbocycles. The second-order valence-electron chi connectivity index (χ2n) is 7.33. The number of carbonyl (C=O) groups excluding carboxylic acids is 1. The van der Waals surface area contributed by atoms with Crippen LogP contribution < -0.4 is 33.9 Å². The highest BCUT2D eigenvalue weighted by atomic mass is 16.5. The quantitative estimate of drug-likeness (QED) is 0.290. The molecule has 3 rings (SSSR count). The van der Waals surface area contributed by atoms with E-state index >= 15 is 0 Å². The Balaban J connectivity index is 1.89. The van der Waals surface area contributed by atoms with Gasteiger partial charge in [0.25, 0.3) is 5.91 Å². The Hall–Kier alpha value is -4.08. The lowest BCUT2D eigenvalue weighted by Crippen LogP contribution is -2.48. The summed E-state index contributed by atoms with van der Waals surface area (Å²) in [6.45, 7) is 4.50. The van der Waals surface area contributed by atoms with Gasteiger partial charge in [0.15, 0.2) is 23.0 Å². The van der Waals surface area contributed by atoms with Crippen LogP contribution in [0.2, 0.25) is 0 Å². The van der Waals surface area contributed by atoms with E-state index in [-0.39, 0.29) is 19.1 Å². The van der Waals surface area contributed by atoms with Crippen molar-refractivity contribution in [2.75, 3.05) is 46.5 Å². The number of hydrogen-bond donors (Lipinski definition) is 2. The minimum absolute atomic E-state index is 0.225. The largest absolute Gasteiger partial charge is 0.493 e. The molecule has 0 aromatic heterocycles. The maximum atomic E-state index is 12.8. The van der Waals surface area contributed by atoms with Gasteiger partial charge in [0, 0.05) is 24.3 Å². The number of carboxylic acid groups (broad SMARTS) is 1. The lowest BCUT2D eigenvalue weighted by molar-refractivity contribution is -0.119. The van der Waals surface area contributed by atoms with Gasteiger partial charge in [0.1, 0.15) is 0 Å². The minimum atomic E-state index is -1.08. The Morgan fingerprint density at radius 1 is 1.00 bits per heavy atom. The molecule has 1 aliphatic heterocycles. The van der Waals surface area contributed by atoms with Crippen molar-refractivity contribution in [2.24, 2.45) is 0 Å². The van der Waals surface area contributed by atoms with E-state index < -0.39 is 12.1 Å². The van der Waals surface area contributed by atoms with Gasteiger partial charge in [0.2, 0.25) is 5.75 Å². The second kappa shape index (κ2) is 10.7. The van der Waals surface area contributed by atoms with Crippen molar-refractivity contribution < 1.29 is 38.4 Å². The van der Waals surface area contributed by atoms with Gasteiger partial charge in [-0.15, -0.1) is 0 Å². The van der Waals surface area contributed by atoms with Crippen LogP contribution in [0, 0.1) is 0 Å². The third-order valence-corrected chi connectivity index (χ3v) is 5.37. The van der Waals surface area contributed by atoms with Crippen LogP contribution in [0.15, 0.2) is 42.5 Å². The Morgan fingerprint density at radius 2 is 1.65 bits per heavy atom. The molecule has 0 radical (unpaired) electrons. The first-order valence-electron chi connectivity index (χ1n) is 10.5. The Labute approximate surface area is 197 Å².